The van der Waals surface area contributed by atoms with Gasteiger partial charge < -0.3 is 15.4 Å². The highest BCUT2D eigenvalue weighted by atomic mass is 16.5. The Morgan fingerprint density at radius 3 is 2.88 bits per heavy atom. The molecule has 0 aliphatic carbocycles. The van der Waals surface area contributed by atoms with E-state index in [1.807, 2.05) is 6.92 Å². The zero-order valence-electron chi connectivity index (χ0n) is 11.4. The van der Waals surface area contributed by atoms with E-state index in [0.717, 1.165) is 19.6 Å². The molecule has 0 saturated carbocycles. The first-order chi connectivity index (χ1) is 7.99. The van der Waals surface area contributed by atoms with E-state index in [2.05, 4.69) is 29.4 Å². The Kier molecular flexibility index (Phi) is 5.36. The number of methoxy groups -OCH3 is 1. The third-order valence-corrected chi connectivity index (χ3v) is 3.32. The lowest BCUT2D eigenvalue weighted by molar-refractivity contribution is -0.128. The lowest BCUT2D eigenvalue weighted by Crippen LogP contribution is -2.63. The summed E-state index contributed by atoms with van der Waals surface area (Å²) in [4.78, 5) is 14.2. The second kappa shape index (κ2) is 6.33. The molecule has 0 aromatic rings. The lowest BCUT2D eigenvalue weighted by atomic mass is 9.97. The van der Waals surface area contributed by atoms with Gasteiger partial charge in [-0.3, -0.25) is 9.69 Å². The zero-order valence-corrected chi connectivity index (χ0v) is 11.4. The van der Waals surface area contributed by atoms with E-state index in [9.17, 15) is 4.79 Å². The van der Waals surface area contributed by atoms with Gasteiger partial charge in [-0.1, -0.05) is 0 Å². The molecule has 1 amide bonds. The Hall–Kier alpha value is -0.650. The number of rotatable bonds is 5. The van der Waals surface area contributed by atoms with Crippen LogP contribution in [-0.4, -0.2) is 62.3 Å². The normalized spacial score (nSPS) is 22.1. The first-order valence-corrected chi connectivity index (χ1v) is 6.23. The maximum absolute atomic E-state index is 12.0. The predicted molar refractivity (Wildman–Crippen MR) is 68.0 cm³/mol. The molecule has 1 aliphatic rings. The van der Waals surface area contributed by atoms with Gasteiger partial charge in [0.05, 0.1) is 12.6 Å². The van der Waals surface area contributed by atoms with Crippen molar-refractivity contribution in [1.29, 1.82) is 0 Å². The number of nitrogens with zero attached hydrogens (tertiary/aromatic N) is 1. The van der Waals surface area contributed by atoms with Gasteiger partial charge >= 0.3 is 0 Å². The smallest absolute Gasteiger partial charge is 0.237 e. The Morgan fingerprint density at radius 1 is 1.59 bits per heavy atom. The summed E-state index contributed by atoms with van der Waals surface area (Å²) in [6.07, 6.45) is 0. The molecule has 1 saturated heterocycles. The van der Waals surface area contributed by atoms with Crippen LogP contribution >= 0.6 is 0 Å². The molecule has 17 heavy (non-hydrogen) atoms. The van der Waals surface area contributed by atoms with Crippen molar-refractivity contribution in [2.24, 2.45) is 0 Å². The van der Waals surface area contributed by atoms with Crippen LogP contribution in [0.3, 0.4) is 0 Å². The third-order valence-electron chi connectivity index (χ3n) is 3.32. The summed E-state index contributed by atoms with van der Waals surface area (Å²) in [6, 6.07) is -0.0936. The van der Waals surface area contributed by atoms with Gasteiger partial charge in [-0.15, -0.1) is 0 Å². The summed E-state index contributed by atoms with van der Waals surface area (Å²) in [7, 11) is 1.63. The predicted octanol–water partition coefficient (Wildman–Crippen LogP) is -0.179. The molecule has 1 atom stereocenters. The zero-order chi connectivity index (χ0) is 12.9. The Morgan fingerprint density at radius 2 is 2.29 bits per heavy atom. The van der Waals surface area contributed by atoms with Crippen LogP contribution in [0.4, 0.5) is 0 Å². The minimum atomic E-state index is -0.0936. The second-order valence-electron chi connectivity index (χ2n) is 5.14. The quantitative estimate of drug-likeness (QED) is 0.658. The summed E-state index contributed by atoms with van der Waals surface area (Å²) in [5.74, 6) is 0.0806. The number of hydrogen-bond acceptors (Lipinski definition) is 4. The topological polar surface area (TPSA) is 53.6 Å². The maximum atomic E-state index is 12.0. The van der Waals surface area contributed by atoms with Crippen LogP contribution in [0.1, 0.15) is 20.8 Å². The van der Waals surface area contributed by atoms with Crippen LogP contribution < -0.4 is 10.6 Å². The SMILES string of the molecule is COCCNC(=O)C(C)N1CCNCC1(C)C. The molecule has 5 heteroatoms. The van der Waals surface area contributed by atoms with E-state index in [1.165, 1.54) is 0 Å². The van der Waals surface area contributed by atoms with Crippen LogP contribution in [0.2, 0.25) is 0 Å². The molecule has 1 unspecified atom stereocenters. The van der Waals surface area contributed by atoms with Gasteiger partial charge in [-0.2, -0.15) is 0 Å². The number of nitrogens with one attached hydrogen (secondary N) is 2. The van der Waals surface area contributed by atoms with E-state index < -0.39 is 0 Å². The number of ether oxygens (including phenoxy) is 1. The van der Waals surface area contributed by atoms with Gasteiger partial charge in [0.1, 0.15) is 0 Å². The van der Waals surface area contributed by atoms with Crippen LogP contribution in [-0.2, 0) is 9.53 Å². The Bertz CT molecular complexity index is 256. The summed E-state index contributed by atoms with van der Waals surface area (Å²) in [6.45, 7) is 10.2. The van der Waals surface area contributed by atoms with Gasteiger partial charge in [0, 0.05) is 38.8 Å². The van der Waals surface area contributed by atoms with Gasteiger partial charge in [0.2, 0.25) is 5.91 Å². The van der Waals surface area contributed by atoms with Crippen molar-refractivity contribution in [3.05, 3.63) is 0 Å². The molecule has 1 aliphatic heterocycles. The standard InChI is InChI=1S/C12H25N3O2/c1-10(11(16)14-6-8-17-4)15-7-5-13-9-12(15,2)3/h10,13H,5-9H2,1-4H3,(H,14,16). The molecule has 2 N–H and O–H groups in total. The Labute approximate surface area is 104 Å². The largest absolute Gasteiger partial charge is 0.383 e. The maximum Gasteiger partial charge on any atom is 0.237 e. The highest BCUT2D eigenvalue weighted by Gasteiger charge is 2.35. The molecule has 1 heterocycles. The minimum absolute atomic E-state index is 0.0241. The third kappa shape index (κ3) is 3.94. The summed E-state index contributed by atoms with van der Waals surface area (Å²) in [5.41, 5.74) is 0.0241. The number of piperazine rings is 1. The average molecular weight is 243 g/mol. The fourth-order valence-corrected chi connectivity index (χ4v) is 2.28. The van der Waals surface area contributed by atoms with Crippen molar-refractivity contribution in [2.45, 2.75) is 32.4 Å². The fraction of sp³-hybridized carbons (Fsp3) is 0.917. The van der Waals surface area contributed by atoms with Crippen molar-refractivity contribution in [3.63, 3.8) is 0 Å². The van der Waals surface area contributed by atoms with Gasteiger partial charge in [0.25, 0.3) is 0 Å². The number of amides is 1. The molecule has 0 aromatic heterocycles. The number of hydrogen-bond donors (Lipinski definition) is 2. The first-order valence-electron chi connectivity index (χ1n) is 6.23. The molecule has 5 nitrogen and oxygen atoms in total. The molecule has 0 radical (unpaired) electrons. The fourth-order valence-electron chi connectivity index (χ4n) is 2.28. The number of carbonyl (C=O) groups is 1. The van der Waals surface area contributed by atoms with Crippen molar-refractivity contribution in [2.75, 3.05) is 39.9 Å². The van der Waals surface area contributed by atoms with E-state index in [-0.39, 0.29) is 17.5 Å². The first kappa shape index (κ1) is 14.4. The van der Waals surface area contributed by atoms with Crippen LogP contribution in [0, 0.1) is 0 Å². The molecular formula is C12H25N3O2. The van der Waals surface area contributed by atoms with E-state index in [1.54, 1.807) is 7.11 Å². The average Bonchev–Trinajstić information content (AvgIpc) is 2.28. The van der Waals surface area contributed by atoms with E-state index >= 15 is 0 Å². The van der Waals surface area contributed by atoms with Gasteiger partial charge in [0.15, 0.2) is 0 Å². The summed E-state index contributed by atoms with van der Waals surface area (Å²) < 4.78 is 4.92. The molecule has 100 valence electrons. The highest BCUT2D eigenvalue weighted by molar-refractivity contribution is 5.81. The van der Waals surface area contributed by atoms with Gasteiger partial charge in [-0.05, 0) is 20.8 Å². The number of carbonyl (C=O) groups excluding carboxylic acids is 1. The molecule has 1 fully saturated rings. The molecule has 0 spiro atoms. The van der Waals surface area contributed by atoms with Crippen LogP contribution in [0.5, 0.6) is 0 Å². The minimum Gasteiger partial charge on any atom is -0.383 e. The van der Waals surface area contributed by atoms with Crippen molar-refractivity contribution in [3.8, 4) is 0 Å². The summed E-state index contributed by atoms with van der Waals surface area (Å²) in [5, 5.41) is 6.25. The molecule has 1 rings (SSSR count). The van der Waals surface area contributed by atoms with Crippen molar-refractivity contribution < 1.29 is 9.53 Å². The van der Waals surface area contributed by atoms with E-state index in [4.69, 9.17) is 4.74 Å². The van der Waals surface area contributed by atoms with Crippen molar-refractivity contribution >= 4 is 5.91 Å². The highest BCUT2D eigenvalue weighted by Crippen LogP contribution is 2.19. The second-order valence-corrected chi connectivity index (χ2v) is 5.14. The monoisotopic (exact) mass is 243 g/mol. The van der Waals surface area contributed by atoms with Crippen molar-refractivity contribution in [1.82, 2.24) is 15.5 Å². The van der Waals surface area contributed by atoms with Gasteiger partial charge in [-0.25, -0.2) is 0 Å². The van der Waals surface area contributed by atoms with E-state index in [0.29, 0.717) is 13.2 Å². The van der Waals surface area contributed by atoms with Crippen LogP contribution in [0.25, 0.3) is 0 Å². The van der Waals surface area contributed by atoms with Crippen LogP contribution in [0.15, 0.2) is 0 Å². The molecule has 0 aromatic carbocycles. The molecular weight excluding hydrogens is 218 g/mol. The lowest BCUT2D eigenvalue weighted by Gasteiger charge is -2.45. The molecule has 0 bridgehead atoms. The Balaban J connectivity index is 2.49. The summed E-state index contributed by atoms with van der Waals surface area (Å²) >= 11 is 0.